The summed E-state index contributed by atoms with van der Waals surface area (Å²) in [5.41, 5.74) is 3.16. The van der Waals surface area contributed by atoms with E-state index in [0.717, 1.165) is 16.8 Å². The van der Waals surface area contributed by atoms with Crippen LogP contribution >= 0.6 is 12.2 Å². The summed E-state index contributed by atoms with van der Waals surface area (Å²) in [5, 5.41) is 5.83. The molecule has 4 heteroatoms. The van der Waals surface area contributed by atoms with E-state index in [9.17, 15) is 4.79 Å². The van der Waals surface area contributed by atoms with E-state index in [1.54, 1.807) is 0 Å². The number of carbonyl (C=O) groups excluding carboxylic acids is 1. The molecule has 0 aromatic heterocycles. The van der Waals surface area contributed by atoms with Gasteiger partial charge in [0.05, 0.1) is 0 Å². The van der Waals surface area contributed by atoms with Gasteiger partial charge in [-0.15, -0.1) is 0 Å². The van der Waals surface area contributed by atoms with Gasteiger partial charge in [-0.1, -0.05) is 12.1 Å². The van der Waals surface area contributed by atoms with Gasteiger partial charge in [0.1, 0.15) is 0 Å². The van der Waals surface area contributed by atoms with Gasteiger partial charge >= 0.3 is 0 Å². The second-order valence-electron chi connectivity index (χ2n) is 3.45. The summed E-state index contributed by atoms with van der Waals surface area (Å²) >= 11 is 4.97. The number of nitrogens with one attached hydrogen (secondary N) is 2. The molecule has 0 spiro atoms. The van der Waals surface area contributed by atoms with E-state index in [-0.39, 0.29) is 5.91 Å². The van der Waals surface area contributed by atoms with E-state index in [2.05, 4.69) is 10.6 Å². The lowest BCUT2D eigenvalue weighted by Gasteiger charge is -2.11. The predicted octanol–water partition coefficient (Wildman–Crippen LogP) is 2.14. The fraction of sp³-hybridized carbons (Fsp3) is 0.273. The zero-order chi connectivity index (χ0) is 11.4. The van der Waals surface area contributed by atoms with Crippen molar-refractivity contribution in [2.45, 2.75) is 20.8 Å². The SMILES string of the molecule is CC(=O)NC(=S)Nc1cc(C)ccc1C. The molecule has 1 aromatic rings. The molecule has 0 heterocycles. The lowest BCUT2D eigenvalue weighted by atomic mass is 10.1. The molecule has 0 saturated carbocycles. The minimum absolute atomic E-state index is 0.169. The first-order valence-electron chi connectivity index (χ1n) is 4.65. The molecule has 0 bridgehead atoms. The van der Waals surface area contributed by atoms with E-state index in [1.165, 1.54) is 6.92 Å². The number of rotatable bonds is 1. The third-order valence-electron chi connectivity index (χ3n) is 1.93. The summed E-state index contributed by atoms with van der Waals surface area (Å²) in [6, 6.07) is 6.03. The highest BCUT2D eigenvalue weighted by molar-refractivity contribution is 7.80. The average molecular weight is 222 g/mol. The molecule has 3 nitrogen and oxygen atoms in total. The molecule has 1 aromatic carbocycles. The molecule has 0 atom stereocenters. The number of hydrogen-bond acceptors (Lipinski definition) is 2. The molecular formula is C11H14N2OS. The highest BCUT2D eigenvalue weighted by atomic mass is 32.1. The summed E-state index contributed by atoms with van der Waals surface area (Å²) < 4.78 is 0. The second kappa shape index (κ2) is 4.89. The molecule has 0 radical (unpaired) electrons. The largest absolute Gasteiger partial charge is 0.332 e. The minimum atomic E-state index is -0.169. The van der Waals surface area contributed by atoms with Gasteiger partial charge in [0.15, 0.2) is 5.11 Å². The van der Waals surface area contributed by atoms with Crippen molar-refractivity contribution in [2.75, 3.05) is 5.32 Å². The molecule has 0 fully saturated rings. The van der Waals surface area contributed by atoms with Crippen LogP contribution in [0, 0.1) is 13.8 Å². The molecule has 0 aliphatic rings. The van der Waals surface area contributed by atoms with E-state index < -0.39 is 0 Å². The molecule has 0 aliphatic heterocycles. The van der Waals surface area contributed by atoms with Crippen molar-refractivity contribution in [3.05, 3.63) is 29.3 Å². The summed E-state index contributed by atoms with van der Waals surface area (Å²) in [6.45, 7) is 5.42. The number of benzene rings is 1. The fourth-order valence-electron chi connectivity index (χ4n) is 1.18. The van der Waals surface area contributed by atoms with Crippen LogP contribution in [-0.2, 0) is 4.79 Å². The van der Waals surface area contributed by atoms with Crippen molar-refractivity contribution in [1.82, 2.24) is 5.32 Å². The monoisotopic (exact) mass is 222 g/mol. The second-order valence-corrected chi connectivity index (χ2v) is 3.86. The number of carbonyl (C=O) groups is 1. The molecule has 80 valence electrons. The Morgan fingerprint density at radius 1 is 1.33 bits per heavy atom. The van der Waals surface area contributed by atoms with Gasteiger partial charge in [-0.2, -0.15) is 0 Å². The Morgan fingerprint density at radius 3 is 2.60 bits per heavy atom. The highest BCUT2D eigenvalue weighted by Crippen LogP contribution is 2.15. The van der Waals surface area contributed by atoms with E-state index in [1.807, 2.05) is 32.0 Å². The maximum absolute atomic E-state index is 10.8. The van der Waals surface area contributed by atoms with Gasteiger partial charge in [0.2, 0.25) is 5.91 Å². The van der Waals surface area contributed by atoms with Crippen molar-refractivity contribution >= 4 is 28.9 Å². The molecular weight excluding hydrogens is 208 g/mol. The van der Waals surface area contributed by atoms with Crippen LogP contribution in [0.25, 0.3) is 0 Å². The molecule has 1 rings (SSSR count). The minimum Gasteiger partial charge on any atom is -0.332 e. The van der Waals surface area contributed by atoms with Crippen LogP contribution in [0.2, 0.25) is 0 Å². The van der Waals surface area contributed by atoms with Crippen LogP contribution in [0.3, 0.4) is 0 Å². The van der Waals surface area contributed by atoms with Crippen LogP contribution in [0.5, 0.6) is 0 Å². The van der Waals surface area contributed by atoms with Crippen LogP contribution in [0.15, 0.2) is 18.2 Å². The van der Waals surface area contributed by atoms with Crippen LogP contribution in [0.4, 0.5) is 5.69 Å². The van der Waals surface area contributed by atoms with Gasteiger partial charge in [0.25, 0.3) is 0 Å². The lowest BCUT2D eigenvalue weighted by Crippen LogP contribution is -2.32. The topological polar surface area (TPSA) is 41.1 Å². The van der Waals surface area contributed by atoms with Crippen molar-refractivity contribution < 1.29 is 4.79 Å². The first-order valence-corrected chi connectivity index (χ1v) is 5.05. The van der Waals surface area contributed by atoms with Crippen LogP contribution in [0.1, 0.15) is 18.1 Å². The van der Waals surface area contributed by atoms with Crippen molar-refractivity contribution in [3.63, 3.8) is 0 Å². The van der Waals surface area contributed by atoms with E-state index >= 15 is 0 Å². The highest BCUT2D eigenvalue weighted by Gasteiger charge is 2.02. The van der Waals surface area contributed by atoms with Gasteiger partial charge in [-0.25, -0.2) is 0 Å². The van der Waals surface area contributed by atoms with Gasteiger partial charge in [0, 0.05) is 12.6 Å². The number of aryl methyl sites for hydroxylation is 2. The van der Waals surface area contributed by atoms with Crippen molar-refractivity contribution in [1.29, 1.82) is 0 Å². The first-order chi connectivity index (χ1) is 6.99. The van der Waals surface area contributed by atoms with Crippen molar-refractivity contribution in [2.24, 2.45) is 0 Å². The van der Waals surface area contributed by atoms with Crippen LogP contribution < -0.4 is 10.6 Å². The quantitative estimate of drug-likeness (QED) is 0.715. The molecule has 0 unspecified atom stereocenters. The zero-order valence-electron chi connectivity index (χ0n) is 9.05. The third-order valence-corrected chi connectivity index (χ3v) is 2.13. The lowest BCUT2D eigenvalue weighted by molar-refractivity contribution is -0.117. The van der Waals surface area contributed by atoms with E-state index in [0.29, 0.717) is 5.11 Å². The number of hydrogen-bond donors (Lipinski definition) is 2. The first kappa shape index (κ1) is 11.7. The van der Waals surface area contributed by atoms with E-state index in [4.69, 9.17) is 12.2 Å². The normalized spacial score (nSPS) is 9.53. The zero-order valence-corrected chi connectivity index (χ0v) is 9.87. The van der Waals surface area contributed by atoms with Gasteiger partial charge in [-0.3, -0.25) is 4.79 Å². The smallest absolute Gasteiger partial charge is 0.222 e. The average Bonchev–Trinajstić information content (AvgIpc) is 2.10. The van der Waals surface area contributed by atoms with Crippen LogP contribution in [-0.4, -0.2) is 11.0 Å². The summed E-state index contributed by atoms with van der Waals surface area (Å²) in [5.74, 6) is -0.169. The van der Waals surface area contributed by atoms with Gasteiger partial charge in [-0.05, 0) is 43.3 Å². The molecule has 15 heavy (non-hydrogen) atoms. The Kier molecular flexibility index (Phi) is 3.80. The molecule has 1 amide bonds. The predicted molar refractivity (Wildman–Crippen MR) is 66.0 cm³/mol. The summed E-state index contributed by atoms with van der Waals surface area (Å²) in [7, 11) is 0. The molecule has 0 aliphatic carbocycles. The Bertz CT molecular complexity index is 402. The Morgan fingerprint density at radius 2 is 2.00 bits per heavy atom. The molecule has 0 saturated heterocycles. The third kappa shape index (κ3) is 3.67. The number of anilines is 1. The Balaban J connectivity index is 2.76. The number of thiocarbonyl (C=S) groups is 1. The maximum atomic E-state index is 10.8. The Hall–Kier alpha value is -1.42. The van der Waals surface area contributed by atoms with Crippen molar-refractivity contribution in [3.8, 4) is 0 Å². The summed E-state index contributed by atoms with van der Waals surface area (Å²) in [4.78, 5) is 10.8. The standard InChI is InChI=1S/C11H14N2OS/c1-7-4-5-8(2)10(6-7)13-11(15)12-9(3)14/h4-6H,1-3H3,(H2,12,13,14,15). The fourth-order valence-corrected chi connectivity index (χ4v) is 1.44. The Labute approximate surface area is 94.9 Å². The molecule has 2 N–H and O–H groups in total. The number of amides is 1. The summed E-state index contributed by atoms with van der Waals surface area (Å²) in [6.07, 6.45) is 0. The van der Waals surface area contributed by atoms with Gasteiger partial charge < -0.3 is 10.6 Å². The maximum Gasteiger partial charge on any atom is 0.222 e.